The van der Waals surface area contributed by atoms with Crippen molar-refractivity contribution in [2.24, 2.45) is 4.99 Å². The minimum atomic E-state index is -4.95. The fourth-order valence-electron chi connectivity index (χ4n) is 11.4. The van der Waals surface area contributed by atoms with Gasteiger partial charge in [-0.05, 0) is 117 Å². The number of nitrogens with zero attached hydrogens (tertiary/aromatic N) is 7. The van der Waals surface area contributed by atoms with Gasteiger partial charge in [-0.2, -0.15) is 13.2 Å². The van der Waals surface area contributed by atoms with Crippen molar-refractivity contribution in [3.8, 4) is 39.9 Å². The van der Waals surface area contributed by atoms with Crippen molar-refractivity contribution in [1.82, 2.24) is 19.8 Å². The van der Waals surface area contributed by atoms with Gasteiger partial charge in [0.15, 0.2) is 11.6 Å². The highest BCUT2D eigenvalue weighted by molar-refractivity contribution is 6.38. The van der Waals surface area contributed by atoms with Crippen molar-refractivity contribution in [2.75, 3.05) is 63.8 Å². The first-order valence-electron chi connectivity index (χ1n) is 27.4. The fourth-order valence-corrected chi connectivity index (χ4v) is 11.7. The monoisotopic (exact) mass is 1190 g/mol. The number of halogens is 7. The number of amidine groups is 1. The normalized spacial score (nSPS) is 16.0. The lowest BCUT2D eigenvalue weighted by atomic mass is 9.93. The number of alkyl halides is 5. The number of methoxy groups -OCH3 is 4. The largest absolute Gasteiger partial charge is 0.497 e. The van der Waals surface area contributed by atoms with Crippen LogP contribution in [0.1, 0.15) is 77.7 Å². The Bertz CT molecular complexity index is 3510. The molecule has 446 valence electrons. The van der Waals surface area contributed by atoms with E-state index in [2.05, 4.69) is 15.2 Å². The van der Waals surface area contributed by atoms with E-state index < -0.39 is 65.4 Å². The van der Waals surface area contributed by atoms with Crippen LogP contribution in [0.3, 0.4) is 0 Å². The molecule has 10 rings (SSSR count). The molecule has 1 N–H and O–H groups in total. The summed E-state index contributed by atoms with van der Waals surface area (Å²) in [7, 11) is 7.84. The maximum atomic E-state index is 19.0. The van der Waals surface area contributed by atoms with E-state index in [1.165, 1.54) is 32.2 Å². The summed E-state index contributed by atoms with van der Waals surface area (Å²) in [6.07, 6.45) is -1.57. The minimum Gasteiger partial charge on any atom is -0.497 e. The van der Waals surface area contributed by atoms with E-state index >= 15 is 26.3 Å². The lowest BCUT2D eigenvalue weighted by Gasteiger charge is -2.36. The molecule has 0 bridgehead atoms. The molecule has 0 amide bonds. The number of ether oxygens (including phenoxy) is 6. The highest BCUT2D eigenvalue weighted by atomic mass is 35.5. The lowest BCUT2D eigenvalue weighted by Crippen LogP contribution is -2.46. The molecule has 1 saturated heterocycles. The van der Waals surface area contributed by atoms with Crippen LogP contribution in [0.5, 0.6) is 28.7 Å². The number of hydrogen-bond acceptors (Lipinski definition) is 14. The van der Waals surface area contributed by atoms with Crippen LogP contribution < -0.4 is 38.8 Å². The van der Waals surface area contributed by atoms with Gasteiger partial charge >= 0.3 is 12.1 Å². The molecule has 3 aliphatic rings. The fraction of sp³-hybridized carbons (Fsp3) is 0.328. The Hall–Kier alpha value is -8.36. The van der Waals surface area contributed by atoms with Crippen LogP contribution in [0.2, 0.25) is 5.02 Å². The molecule has 0 saturated carbocycles. The zero-order valence-corrected chi connectivity index (χ0v) is 49.2. The Balaban J connectivity index is 1.16. The molecule has 21 heteroatoms. The third-order valence-corrected chi connectivity index (χ3v) is 16.1. The van der Waals surface area contributed by atoms with Gasteiger partial charge in [-0.15, -0.1) is 0 Å². The number of benzene rings is 5. The molecule has 5 heterocycles. The van der Waals surface area contributed by atoms with Crippen LogP contribution in [0.15, 0.2) is 139 Å². The average Bonchev–Trinajstić information content (AvgIpc) is 2.08. The van der Waals surface area contributed by atoms with Crippen LogP contribution >= 0.6 is 11.6 Å². The van der Waals surface area contributed by atoms with Crippen molar-refractivity contribution < 1.29 is 54.8 Å². The van der Waals surface area contributed by atoms with Crippen molar-refractivity contribution in [3.05, 3.63) is 189 Å². The average molecular weight is 1190 g/mol. The van der Waals surface area contributed by atoms with Crippen LogP contribution in [0.4, 0.5) is 43.7 Å². The van der Waals surface area contributed by atoms with E-state index in [0.29, 0.717) is 47.5 Å². The van der Waals surface area contributed by atoms with E-state index in [1.54, 1.807) is 81.4 Å². The first kappa shape index (κ1) is 59.8. The second kappa shape index (κ2) is 24.3. The minimum absolute atomic E-state index is 0.0211. The third-order valence-electron chi connectivity index (χ3n) is 15.7. The molecule has 2 atom stereocenters. The molecule has 0 spiro atoms. The van der Waals surface area contributed by atoms with Gasteiger partial charge in [0.05, 0.1) is 75.1 Å². The smallest absolute Gasteiger partial charge is 0.418 e. The van der Waals surface area contributed by atoms with Gasteiger partial charge in [0.1, 0.15) is 52.7 Å². The summed E-state index contributed by atoms with van der Waals surface area (Å²) in [5, 5.41) is 2.92. The summed E-state index contributed by atoms with van der Waals surface area (Å²) in [6.45, 7) is 6.69. The number of nitrogens with one attached hydrogen (secondary N) is 1. The standard InChI is InChI=1S/C64H65ClF6N8O6/c1-38-49(64(69,70)71)30-73-60(78(33-42-16-24-46(82-8)25-17-42)34-43-18-26-47(83-9)27-19-43)52(38)53-55(65)57-54-58(56(53)66)84-51(85-62(3,4)50-29-63(67,68)36-76(50)5)35-79(61(54)75-37-74-57)39(2)48-11-10-28-72-59(48)77(31-40-12-20-44(80-6)21-13-40)32-41-14-22-45(81-7)23-15-41/h10-28,30,35,39,50,74H,29,31-34,36-37H2,1-9H3/t39?,50-/m0/s1. The van der Waals surface area contributed by atoms with Crippen LogP contribution in [0.25, 0.3) is 11.1 Å². The lowest BCUT2D eigenvalue weighted by molar-refractivity contribution is -0.138. The van der Waals surface area contributed by atoms with E-state index in [4.69, 9.17) is 50.0 Å². The van der Waals surface area contributed by atoms with Gasteiger partial charge in [0.25, 0.3) is 5.92 Å². The van der Waals surface area contributed by atoms with Gasteiger partial charge in [0.2, 0.25) is 0 Å². The van der Waals surface area contributed by atoms with Crippen molar-refractivity contribution in [2.45, 2.75) is 90.1 Å². The molecular formula is C64H65ClF6N8O6. The SMILES string of the molecule is COc1ccc(CN(Cc2ccc(OC)cc2)c2ncccc2C(C)N2C=C(OC(C)(C)[C@@H]3CC(F)(F)CN3C)Oc3c(F)c(-c4c(N(Cc5ccc(OC)cc5)Cc5ccc(OC)cc5)ncc(C(F)(F)F)c4C)c(Cl)c4c3C2=NCN4)cc1. The van der Waals surface area contributed by atoms with Gasteiger partial charge in [-0.1, -0.05) is 66.2 Å². The van der Waals surface area contributed by atoms with E-state index in [9.17, 15) is 0 Å². The predicted octanol–water partition coefficient (Wildman–Crippen LogP) is 14.2. The molecule has 5 aromatic carbocycles. The van der Waals surface area contributed by atoms with Gasteiger partial charge in [0, 0.05) is 61.7 Å². The number of hydrogen-bond donors (Lipinski definition) is 1. The van der Waals surface area contributed by atoms with Crippen molar-refractivity contribution >= 4 is 34.8 Å². The van der Waals surface area contributed by atoms with Crippen LogP contribution in [-0.4, -0.2) is 91.9 Å². The summed E-state index contributed by atoms with van der Waals surface area (Å²) in [6, 6.07) is 31.8. The maximum absolute atomic E-state index is 19.0. The number of rotatable bonds is 20. The Morgan fingerprint density at radius 3 is 1.68 bits per heavy atom. The Kier molecular flexibility index (Phi) is 17.1. The molecule has 2 aromatic heterocycles. The topological polar surface area (TPSA) is 119 Å². The maximum Gasteiger partial charge on any atom is 0.418 e. The third kappa shape index (κ3) is 12.6. The molecule has 3 aliphatic heterocycles. The molecular weight excluding hydrogens is 1130 g/mol. The zero-order chi connectivity index (χ0) is 60.5. The molecule has 0 radical (unpaired) electrons. The summed E-state index contributed by atoms with van der Waals surface area (Å²) < 4.78 is 131. The number of likely N-dealkylation sites (N-methyl/N-ethyl adjacent to an activating group) is 1. The summed E-state index contributed by atoms with van der Waals surface area (Å²) >= 11 is 7.57. The second-order valence-corrected chi connectivity index (χ2v) is 22.1. The van der Waals surface area contributed by atoms with Gasteiger partial charge in [-0.25, -0.2) is 28.1 Å². The molecule has 1 fully saturated rings. The predicted molar refractivity (Wildman–Crippen MR) is 316 cm³/mol. The highest BCUT2D eigenvalue weighted by Gasteiger charge is 2.51. The first-order valence-corrected chi connectivity index (χ1v) is 27.8. The van der Waals surface area contributed by atoms with Crippen molar-refractivity contribution in [1.29, 1.82) is 0 Å². The quantitative estimate of drug-likeness (QED) is 0.0730. The first-order chi connectivity index (χ1) is 40.6. The Morgan fingerprint density at radius 1 is 0.729 bits per heavy atom. The summed E-state index contributed by atoms with van der Waals surface area (Å²) in [5.41, 5.74) is 0.478. The zero-order valence-electron chi connectivity index (χ0n) is 48.5. The highest BCUT2D eigenvalue weighted by Crippen LogP contribution is 2.53. The number of pyridine rings is 2. The number of anilines is 3. The number of aliphatic imine (C=N–C) groups is 1. The van der Waals surface area contributed by atoms with E-state index in [-0.39, 0.29) is 64.8 Å². The van der Waals surface area contributed by atoms with E-state index in [1.807, 2.05) is 85.8 Å². The van der Waals surface area contributed by atoms with Crippen molar-refractivity contribution in [3.63, 3.8) is 0 Å². The molecule has 85 heavy (non-hydrogen) atoms. The number of aromatic nitrogens is 2. The van der Waals surface area contributed by atoms with E-state index in [0.717, 1.165) is 28.5 Å². The van der Waals surface area contributed by atoms with Crippen LogP contribution in [0, 0.1) is 12.7 Å². The van der Waals surface area contributed by atoms with Gasteiger partial charge in [-0.3, -0.25) is 4.90 Å². The number of likely N-dealkylation sites (tertiary alicyclic amines) is 1. The molecule has 0 aliphatic carbocycles. The molecule has 1 unspecified atom stereocenters. The summed E-state index contributed by atoms with van der Waals surface area (Å²) in [4.78, 5) is 21.6. The molecule has 7 aromatic rings. The Morgan fingerprint density at radius 2 is 1.22 bits per heavy atom. The van der Waals surface area contributed by atoms with Crippen LogP contribution in [-0.2, 0) is 37.1 Å². The molecule has 14 nitrogen and oxygen atoms in total. The summed E-state index contributed by atoms with van der Waals surface area (Å²) in [5.74, 6) is -1.83. The van der Waals surface area contributed by atoms with Gasteiger partial charge < -0.3 is 48.4 Å². The Labute approximate surface area is 495 Å². The second-order valence-electron chi connectivity index (χ2n) is 21.7.